The molecular formula is C23H15F4N3O3S2. The van der Waals surface area contributed by atoms with Crippen LogP contribution < -0.4 is 4.74 Å². The number of carboxylic acid groups (broad SMARTS) is 1. The highest BCUT2D eigenvalue weighted by atomic mass is 32.2. The molecule has 12 heteroatoms. The number of carbonyl (C=O) groups is 1. The summed E-state index contributed by atoms with van der Waals surface area (Å²) in [7, 11) is 0. The van der Waals surface area contributed by atoms with Gasteiger partial charge in [0.15, 0.2) is 5.69 Å². The van der Waals surface area contributed by atoms with Crippen molar-refractivity contribution in [3.63, 3.8) is 0 Å². The number of aryl methyl sites for hydroxylation is 1. The van der Waals surface area contributed by atoms with Gasteiger partial charge < -0.3 is 9.84 Å². The van der Waals surface area contributed by atoms with Crippen molar-refractivity contribution >= 4 is 29.1 Å². The van der Waals surface area contributed by atoms with Gasteiger partial charge in [0, 0.05) is 16.4 Å². The molecule has 1 atom stereocenters. The van der Waals surface area contributed by atoms with Crippen LogP contribution >= 0.6 is 23.1 Å². The summed E-state index contributed by atoms with van der Waals surface area (Å²) in [6, 6.07) is 9.67. The summed E-state index contributed by atoms with van der Waals surface area (Å²) in [6.07, 6.45) is -4.80. The van der Waals surface area contributed by atoms with Crippen LogP contribution in [0.2, 0.25) is 0 Å². The van der Waals surface area contributed by atoms with E-state index >= 15 is 0 Å². The van der Waals surface area contributed by atoms with Crippen LogP contribution in [0.5, 0.6) is 5.75 Å². The number of nitrogens with zero attached hydrogens (tertiary/aromatic N) is 3. The zero-order chi connectivity index (χ0) is 25.1. The Labute approximate surface area is 204 Å². The number of ether oxygens (including phenoxy) is 1. The van der Waals surface area contributed by atoms with E-state index in [4.69, 9.17) is 0 Å². The van der Waals surface area contributed by atoms with Crippen molar-refractivity contribution in [1.82, 2.24) is 14.8 Å². The zero-order valence-corrected chi connectivity index (χ0v) is 19.7. The fourth-order valence-corrected chi connectivity index (χ4v) is 6.54. The van der Waals surface area contributed by atoms with Crippen LogP contribution in [-0.2, 0) is 0 Å². The Hall–Kier alpha value is -3.38. The number of aromatic carboxylic acids is 1. The van der Waals surface area contributed by atoms with Gasteiger partial charge in [-0.25, -0.2) is 14.2 Å². The molecule has 0 saturated carbocycles. The minimum absolute atomic E-state index is 0.161. The molecule has 0 aliphatic carbocycles. The molecule has 180 valence electrons. The molecule has 1 aliphatic heterocycles. The molecule has 1 unspecified atom stereocenters. The Kier molecular flexibility index (Phi) is 5.59. The van der Waals surface area contributed by atoms with E-state index in [1.54, 1.807) is 13.0 Å². The van der Waals surface area contributed by atoms with Gasteiger partial charge >= 0.3 is 12.3 Å². The summed E-state index contributed by atoms with van der Waals surface area (Å²) >= 11 is 2.63. The topological polar surface area (TPSA) is 77.2 Å². The summed E-state index contributed by atoms with van der Waals surface area (Å²) in [5.74, 6) is -2.09. The maximum Gasteiger partial charge on any atom is 0.573 e. The first-order chi connectivity index (χ1) is 16.5. The molecule has 2 aromatic carbocycles. The third-order valence-electron chi connectivity index (χ3n) is 5.38. The molecule has 4 aromatic rings. The van der Waals surface area contributed by atoms with Crippen LogP contribution in [0.4, 0.5) is 17.6 Å². The fraction of sp³-hybridized carbons (Fsp3) is 0.174. The highest BCUT2D eigenvalue weighted by Crippen LogP contribution is 2.52. The quantitative estimate of drug-likeness (QED) is 0.295. The Balaban J connectivity index is 1.62. The third-order valence-corrected chi connectivity index (χ3v) is 7.75. The molecule has 0 fully saturated rings. The summed E-state index contributed by atoms with van der Waals surface area (Å²) in [5.41, 5.74) is 2.66. The van der Waals surface area contributed by atoms with Crippen molar-refractivity contribution in [3.8, 4) is 33.3 Å². The summed E-state index contributed by atoms with van der Waals surface area (Å²) in [4.78, 5) is 16.9. The SMILES string of the molecule is Cc1nn(-c2nc3c(s2)SC(C)c2cc(OC(F)(F)F)ccc2-3)c(C(=O)O)c1-c1cccc(F)c1. The first-order valence-electron chi connectivity index (χ1n) is 10.2. The number of thioether (sulfide) groups is 1. The number of rotatable bonds is 4. The summed E-state index contributed by atoms with van der Waals surface area (Å²) < 4.78 is 57.9. The van der Waals surface area contributed by atoms with Crippen molar-refractivity contribution in [2.24, 2.45) is 0 Å². The van der Waals surface area contributed by atoms with Gasteiger partial charge in [-0.3, -0.25) is 0 Å². The van der Waals surface area contributed by atoms with Crippen LogP contribution in [0, 0.1) is 12.7 Å². The minimum Gasteiger partial charge on any atom is -0.476 e. The van der Waals surface area contributed by atoms with Crippen LogP contribution in [0.25, 0.3) is 27.5 Å². The van der Waals surface area contributed by atoms with E-state index in [1.807, 2.05) is 6.92 Å². The highest BCUT2D eigenvalue weighted by molar-refractivity contribution is 8.01. The van der Waals surface area contributed by atoms with Gasteiger partial charge in [0.1, 0.15) is 11.6 Å². The molecular weight excluding hydrogens is 506 g/mol. The standard InChI is InChI=1S/C23H15F4N3O3S2/c1-10-17(12-4-3-5-13(24)8-12)19(20(31)32)30(29-10)22-28-18-15-7-6-14(33-23(25,26)27)9-16(15)11(2)34-21(18)35-22/h3-9,11H,1-2H3,(H,31,32). The van der Waals surface area contributed by atoms with Gasteiger partial charge in [-0.05, 0) is 55.3 Å². The van der Waals surface area contributed by atoms with Crippen LogP contribution in [0.15, 0.2) is 46.7 Å². The molecule has 6 nitrogen and oxygen atoms in total. The number of hydrogen-bond acceptors (Lipinski definition) is 6. The number of alkyl halides is 3. The lowest BCUT2D eigenvalue weighted by atomic mass is 10.0. The van der Waals surface area contributed by atoms with Gasteiger partial charge in [-0.15, -0.1) is 24.9 Å². The Morgan fingerprint density at radius 2 is 1.97 bits per heavy atom. The van der Waals surface area contributed by atoms with Crippen molar-refractivity contribution in [1.29, 1.82) is 0 Å². The number of thiazole rings is 1. The van der Waals surface area contributed by atoms with Crippen LogP contribution in [-0.4, -0.2) is 32.2 Å². The Morgan fingerprint density at radius 3 is 2.66 bits per heavy atom. The number of halogens is 4. The molecule has 0 radical (unpaired) electrons. The number of fused-ring (bicyclic) bond motifs is 3. The Bertz CT molecular complexity index is 1480. The number of aromatic nitrogens is 3. The van der Waals surface area contributed by atoms with Crippen molar-refractivity contribution in [2.75, 3.05) is 0 Å². The second-order valence-electron chi connectivity index (χ2n) is 7.73. The highest BCUT2D eigenvalue weighted by Gasteiger charge is 2.33. The average Bonchev–Trinajstić information content (AvgIpc) is 3.34. The minimum atomic E-state index is -4.80. The van der Waals surface area contributed by atoms with Gasteiger partial charge in [0.05, 0.1) is 15.6 Å². The average molecular weight is 522 g/mol. The maximum atomic E-state index is 13.8. The molecule has 2 aromatic heterocycles. The normalized spacial score (nSPS) is 15.0. The lowest BCUT2D eigenvalue weighted by molar-refractivity contribution is -0.274. The first kappa shape index (κ1) is 23.4. The summed E-state index contributed by atoms with van der Waals surface area (Å²) in [6.45, 7) is 3.48. The molecule has 1 aliphatic rings. The van der Waals surface area contributed by atoms with E-state index in [2.05, 4.69) is 14.8 Å². The number of benzene rings is 2. The smallest absolute Gasteiger partial charge is 0.476 e. The molecule has 3 heterocycles. The molecule has 0 amide bonds. The molecule has 0 saturated heterocycles. The second kappa shape index (κ2) is 8.38. The molecule has 0 bridgehead atoms. The van der Waals surface area contributed by atoms with Crippen molar-refractivity contribution < 1.29 is 32.2 Å². The van der Waals surface area contributed by atoms with E-state index in [-0.39, 0.29) is 27.4 Å². The predicted octanol–water partition coefficient (Wildman–Crippen LogP) is 6.87. The van der Waals surface area contributed by atoms with Crippen LogP contribution in [0.1, 0.15) is 33.9 Å². The molecule has 5 rings (SSSR count). The fourth-order valence-electron chi connectivity index (χ4n) is 4.00. The number of carboxylic acids is 1. The van der Waals surface area contributed by atoms with Gasteiger partial charge in [0.2, 0.25) is 5.13 Å². The summed E-state index contributed by atoms with van der Waals surface area (Å²) in [5, 5.41) is 14.5. The number of hydrogen-bond donors (Lipinski definition) is 1. The largest absolute Gasteiger partial charge is 0.573 e. The van der Waals surface area contributed by atoms with Gasteiger partial charge in [0.25, 0.3) is 0 Å². The molecule has 1 N–H and O–H groups in total. The van der Waals surface area contributed by atoms with Gasteiger partial charge in [-0.1, -0.05) is 23.5 Å². The lowest BCUT2D eigenvalue weighted by Gasteiger charge is -2.22. The third kappa shape index (κ3) is 4.27. The zero-order valence-electron chi connectivity index (χ0n) is 18.1. The second-order valence-corrected chi connectivity index (χ2v) is 10.3. The van der Waals surface area contributed by atoms with E-state index in [1.165, 1.54) is 64.2 Å². The monoisotopic (exact) mass is 521 g/mol. The van der Waals surface area contributed by atoms with E-state index in [0.29, 0.717) is 28.1 Å². The van der Waals surface area contributed by atoms with Crippen molar-refractivity contribution in [2.45, 2.75) is 29.7 Å². The van der Waals surface area contributed by atoms with Crippen LogP contribution in [0.3, 0.4) is 0 Å². The lowest BCUT2D eigenvalue weighted by Crippen LogP contribution is -2.17. The molecule has 35 heavy (non-hydrogen) atoms. The molecule has 0 spiro atoms. The van der Waals surface area contributed by atoms with E-state index < -0.39 is 18.1 Å². The predicted molar refractivity (Wildman–Crippen MR) is 123 cm³/mol. The van der Waals surface area contributed by atoms with E-state index in [9.17, 15) is 27.5 Å². The van der Waals surface area contributed by atoms with E-state index in [0.717, 1.165) is 4.21 Å². The first-order valence-corrected chi connectivity index (χ1v) is 11.9. The maximum absolute atomic E-state index is 13.8. The Morgan fingerprint density at radius 1 is 1.20 bits per heavy atom. The van der Waals surface area contributed by atoms with Gasteiger partial charge in [-0.2, -0.15) is 9.78 Å². The van der Waals surface area contributed by atoms with Crippen molar-refractivity contribution in [3.05, 3.63) is 65.2 Å².